The van der Waals surface area contributed by atoms with E-state index in [9.17, 15) is 9.59 Å². The van der Waals surface area contributed by atoms with Crippen LogP contribution >= 0.6 is 0 Å². The quantitative estimate of drug-likeness (QED) is 0.724. The van der Waals surface area contributed by atoms with Crippen LogP contribution in [0.4, 0.5) is 0 Å². The number of ether oxygens (including phenoxy) is 1. The lowest BCUT2D eigenvalue weighted by Gasteiger charge is -2.41. The van der Waals surface area contributed by atoms with Crippen LogP contribution in [0, 0.1) is 0 Å². The molecule has 2 aromatic carbocycles. The van der Waals surface area contributed by atoms with Gasteiger partial charge in [0.2, 0.25) is 5.91 Å². The van der Waals surface area contributed by atoms with E-state index in [-0.39, 0.29) is 17.9 Å². The summed E-state index contributed by atoms with van der Waals surface area (Å²) in [6.45, 7) is 1.82. The molecule has 0 bridgehead atoms. The number of hydrogen-bond acceptors (Lipinski definition) is 3. The molecule has 0 aliphatic carbocycles. The number of H-pyrrole nitrogens is 1. The Labute approximate surface area is 157 Å². The molecule has 1 N–H and O–H groups in total. The molecule has 5 heteroatoms. The van der Waals surface area contributed by atoms with Gasteiger partial charge < -0.3 is 14.6 Å². The molecule has 1 amide bonds. The largest absolute Gasteiger partial charge is 0.467 e. The molecule has 2 atom stereocenters. The minimum absolute atomic E-state index is 0.0661. The zero-order valence-corrected chi connectivity index (χ0v) is 15.4. The van der Waals surface area contributed by atoms with Crippen LogP contribution in [-0.4, -0.2) is 34.9 Å². The third kappa shape index (κ3) is 2.79. The predicted molar refractivity (Wildman–Crippen MR) is 103 cm³/mol. The summed E-state index contributed by atoms with van der Waals surface area (Å²) in [5.74, 6) is -0.447. The number of amides is 1. The molecule has 5 nitrogen and oxygen atoms in total. The standard InChI is InChI=1S/C22H22N2O3/c1-3-19(25)24-18(22(26)27-2)13-16-15-11-7-8-12-17(15)23-20(16)21(24)14-9-5-4-6-10-14/h4-12,18,21,23H,3,13H2,1-2H3. The number of carbonyl (C=O) groups excluding carboxylic acids is 2. The van der Waals surface area contributed by atoms with Gasteiger partial charge in [0.05, 0.1) is 13.2 Å². The topological polar surface area (TPSA) is 62.4 Å². The number of carbonyl (C=O) groups is 2. The van der Waals surface area contributed by atoms with Crippen molar-refractivity contribution in [3.8, 4) is 0 Å². The highest BCUT2D eigenvalue weighted by Gasteiger charge is 2.43. The summed E-state index contributed by atoms with van der Waals surface area (Å²) in [6.07, 6.45) is 0.771. The van der Waals surface area contributed by atoms with Gasteiger partial charge in [-0.25, -0.2) is 4.79 Å². The van der Waals surface area contributed by atoms with Gasteiger partial charge in [-0.05, 0) is 17.2 Å². The Morgan fingerprint density at radius 1 is 1.11 bits per heavy atom. The number of para-hydroxylation sites is 1. The van der Waals surface area contributed by atoms with Gasteiger partial charge in [-0.15, -0.1) is 0 Å². The fourth-order valence-corrected chi connectivity index (χ4v) is 4.08. The van der Waals surface area contributed by atoms with Crippen LogP contribution in [0.1, 0.15) is 36.2 Å². The van der Waals surface area contributed by atoms with Crippen molar-refractivity contribution in [3.05, 3.63) is 71.4 Å². The molecule has 1 aliphatic rings. The fraction of sp³-hybridized carbons (Fsp3) is 0.273. The van der Waals surface area contributed by atoms with E-state index >= 15 is 0 Å². The highest BCUT2D eigenvalue weighted by atomic mass is 16.5. The number of esters is 1. The van der Waals surface area contributed by atoms with Crippen molar-refractivity contribution >= 4 is 22.8 Å². The van der Waals surface area contributed by atoms with Crippen molar-refractivity contribution in [2.75, 3.05) is 7.11 Å². The maximum atomic E-state index is 12.9. The second kappa shape index (κ2) is 6.91. The molecule has 2 unspecified atom stereocenters. The second-order valence-corrected chi connectivity index (χ2v) is 6.77. The number of rotatable bonds is 3. The number of methoxy groups -OCH3 is 1. The number of aromatic amines is 1. The van der Waals surface area contributed by atoms with Gasteiger partial charge in [-0.1, -0.05) is 55.5 Å². The van der Waals surface area contributed by atoms with E-state index in [1.54, 1.807) is 4.90 Å². The lowest BCUT2D eigenvalue weighted by Crippen LogP contribution is -2.51. The Morgan fingerprint density at radius 2 is 1.81 bits per heavy atom. The highest BCUT2D eigenvalue weighted by Crippen LogP contribution is 2.41. The maximum Gasteiger partial charge on any atom is 0.328 e. The minimum Gasteiger partial charge on any atom is -0.467 e. The summed E-state index contributed by atoms with van der Waals surface area (Å²) in [5.41, 5.74) is 4.04. The molecular formula is C22H22N2O3. The Morgan fingerprint density at radius 3 is 2.52 bits per heavy atom. The van der Waals surface area contributed by atoms with Crippen molar-refractivity contribution in [2.24, 2.45) is 0 Å². The maximum absolute atomic E-state index is 12.9. The van der Waals surface area contributed by atoms with E-state index in [1.807, 2.05) is 55.5 Å². The number of nitrogens with one attached hydrogen (secondary N) is 1. The SMILES string of the molecule is CCC(=O)N1C(C(=O)OC)Cc2c([nH]c3ccccc23)C1c1ccccc1. The van der Waals surface area contributed by atoms with Crippen molar-refractivity contribution in [1.29, 1.82) is 0 Å². The lowest BCUT2D eigenvalue weighted by atomic mass is 9.87. The third-order valence-corrected chi connectivity index (χ3v) is 5.31. The van der Waals surface area contributed by atoms with Crippen LogP contribution in [0.15, 0.2) is 54.6 Å². The average Bonchev–Trinajstić information content (AvgIpc) is 3.10. The third-order valence-electron chi connectivity index (χ3n) is 5.31. The van der Waals surface area contributed by atoms with Crippen molar-refractivity contribution in [3.63, 3.8) is 0 Å². The van der Waals surface area contributed by atoms with Crippen molar-refractivity contribution in [1.82, 2.24) is 9.88 Å². The smallest absolute Gasteiger partial charge is 0.328 e. The highest BCUT2D eigenvalue weighted by molar-refractivity contribution is 5.90. The van der Waals surface area contributed by atoms with Gasteiger partial charge in [-0.2, -0.15) is 0 Å². The first-order chi connectivity index (χ1) is 13.2. The summed E-state index contributed by atoms with van der Waals surface area (Å²) in [5, 5.41) is 1.09. The average molecular weight is 362 g/mol. The molecule has 0 saturated carbocycles. The van der Waals surface area contributed by atoms with Gasteiger partial charge in [0.1, 0.15) is 6.04 Å². The molecule has 0 spiro atoms. The Bertz CT molecular complexity index is 993. The zero-order valence-electron chi connectivity index (χ0n) is 15.4. The van der Waals surface area contributed by atoms with Gasteiger partial charge in [-0.3, -0.25) is 4.79 Å². The summed E-state index contributed by atoms with van der Waals surface area (Å²) in [6, 6.07) is 16.9. The molecule has 3 aromatic rings. The summed E-state index contributed by atoms with van der Waals surface area (Å²) < 4.78 is 5.06. The van der Waals surface area contributed by atoms with Crippen LogP contribution in [0.2, 0.25) is 0 Å². The molecule has 0 saturated heterocycles. The lowest BCUT2D eigenvalue weighted by molar-refractivity contribution is -0.155. The van der Waals surface area contributed by atoms with Gasteiger partial charge in [0, 0.05) is 29.4 Å². The fourth-order valence-electron chi connectivity index (χ4n) is 4.08. The molecule has 2 heterocycles. The first kappa shape index (κ1) is 17.3. The van der Waals surface area contributed by atoms with E-state index in [0.717, 1.165) is 27.7 Å². The zero-order chi connectivity index (χ0) is 19.0. The van der Waals surface area contributed by atoms with Crippen LogP contribution in [0.5, 0.6) is 0 Å². The first-order valence-electron chi connectivity index (χ1n) is 9.19. The molecule has 27 heavy (non-hydrogen) atoms. The molecular weight excluding hydrogens is 340 g/mol. The first-order valence-corrected chi connectivity index (χ1v) is 9.19. The summed E-state index contributed by atoms with van der Waals surface area (Å²) in [4.78, 5) is 30.7. The van der Waals surface area contributed by atoms with Gasteiger partial charge in [0.15, 0.2) is 0 Å². The van der Waals surface area contributed by atoms with Crippen LogP contribution in [-0.2, 0) is 20.7 Å². The summed E-state index contributed by atoms with van der Waals surface area (Å²) in [7, 11) is 1.37. The number of aromatic nitrogens is 1. The summed E-state index contributed by atoms with van der Waals surface area (Å²) >= 11 is 0. The number of fused-ring (bicyclic) bond motifs is 3. The Hall–Kier alpha value is -3.08. The molecule has 0 fully saturated rings. The van der Waals surface area contributed by atoms with E-state index < -0.39 is 6.04 Å². The van der Waals surface area contributed by atoms with E-state index in [0.29, 0.717) is 12.8 Å². The van der Waals surface area contributed by atoms with E-state index in [1.165, 1.54) is 7.11 Å². The van der Waals surface area contributed by atoms with Gasteiger partial charge >= 0.3 is 5.97 Å². The monoisotopic (exact) mass is 362 g/mol. The Kier molecular flexibility index (Phi) is 4.44. The van der Waals surface area contributed by atoms with Gasteiger partial charge in [0.25, 0.3) is 0 Å². The number of hydrogen-bond donors (Lipinski definition) is 1. The Balaban J connectivity index is 1.98. The van der Waals surface area contributed by atoms with Crippen LogP contribution in [0.25, 0.3) is 10.9 Å². The molecule has 0 radical (unpaired) electrons. The van der Waals surface area contributed by atoms with Crippen LogP contribution in [0.3, 0.4) is 0 Å². The van der Waals surface area contributed by atoms with E-state index in [4.69, 9.17) is 4.74 Å². The molecule has 4 rings (SSSR count). The molecule has 1 aromatic heterocycles. The van der Waals surface area contributed by atoms with Crippen molar-refractivity contribution in [2.45, 2.75) is 31.8 Å². The number of nitrogens with zero attached hydrogens (tertiary/aromatic N) is 1. The molecule has 138 valence electrons. The predicted octanol–water partition coefficient (Wildman–Crippen LogP) is 3.59. The minimum atomic E-state index is -0.639. The second-order valence-electron chi connectivity index (χ2n) is 6.77. The number of benzene rings is 2. The molecule has 1 aliphatic heterocycles. The van der Waals surface area contributed by atoms with Crippen LogP contribution < -0.4 is 0 Å². The normalized spacial score (nSPS) is 19.0. The van der Waals surface area contributed by atoms with Crippen molar-refractivity contribution < 1.29 is 14.3 Å². The van der Waals surface area contributed by atoms with E-state index in [2.05, 4.69) is 11.1 Å².